The highest BCUT2D eigenvalue weighted by Crippen LogP contribution is 2.26. The third-order valence-corrected chi connectivity index (χ3v) is 3.43. The summed E-state index contributed by atoms with van der Waals surface area (Å²) in [6.45, 7) is 2.04. The molecule has 0 saturated heterocycles. The smallest absolute Gasteiger partial charge is 0.129 e. The van der Waals surface area contributed by atoms with Crippen LogP contribution in [0.1, 0.15) is 22.7 Å². The lowest BCUT2D eigenvalue weighted by molar-refractivity contribution is 0.575. The van der Waals surface area contributed by atoms with Gasteiger partial charge >= 0.3 is 0 Å². The van der Waals surface area contributed by atoms with Gasteiger partial charge in [-0.05, 0) is 31.7 Å². The molecule has 18 heavy (non-hydrogen) atoms. The minimum atomic E-state index is -0.203. The third-order valence-electron chi connectivity index (χ3n) is 2.94. The lowest BCUT2D eigenvalue weighted by atomic mass is 9.97. The second-order valence-electron chi connectivity index (χ2n) is 4.30. The molecule has 0 spiro atoms. The number of benzene rings is 2. The number of hydrogen-bond donors (Lipinski definition) is 1. The van der Waals surface area contributed by atoms with Crippen molar-refractivity contribution in [1.82, 2.24) is 5.32 Å². The minimum absolute atomic E-state index is 0.127. The van der Waals surface area contributed by atoms with Crippen molar-refractivity contribution in [3.63, 3.8) is 0 Å². The van der Waals surface area contributed by atoms with Crippen LogP contribution in [0.2, 0.25) is 0 Å². The molecule has 2 aromatic carbocycles. The van der Waals surface area contributed by atoms with Crippen molar-refractivity contribution in [1.29, 1.82) is 0 Å². The van der Waals surface area contributed by atoms with Gasteiger partial charge in [0.05, 0.1) is 6.04 Å². The van der Waals surface area contributed by atoms with Crippen LogP contribution >= 0.6 is 15.9 Å². The molecule has 94 valence electrons. The summed E-state index contributed by atoms with van der Waals surface area (Å²) in [6, 6.07) is 13.1. The van der Waals surface area contributed by atoms with Gasteiger partial charge in [0.25, 0.3) is 0 Å². The molecule has 1 nitrogen and oxygen atoms in total. The number of nitrogens with one attached hydrogen (secondary N) is 1. The molecular weight excluding hydrogens is 293 g/mol. The van der Waals surface area contributed by atoms with Gasteiger partial charge in [0.15, 0.2) is 0 Å². The average molecular weight is 308 g/mol. The number of halogens is 2. The molecule has 0 aliphatic carbocycles. The Balaban J connectivity index is 2.45. The van der Waals surface area contributed by atoms with E-state index < -0.39 is 0 Å². The van der Waals surface area contributed by atoms with E-state index in [0.717, 1.165) is 10.0 Å². The fraction of sp³-hybridized carbons (Fsp3) is 0.200. The maximum atomic E-state index is 14.0. The highest BCUT2D eigenvalue weighted by Gasteiger charge is 2.16. The second-order valence-corrected chi connectivity index (χ2v) is 5.22. The maximum Gasteiger partial charge on any atom is 0.129 e. The lowest BCUT2D eigenvalue weighted by Crippen LogP contribution is -2.19. The first-order valence-electron chi connectivity index (χ1n) is 5.80. The molecule has 1 unspecified atom stereocenters. The molecule has 0 saturated carbocycles. The first-order chi connectivity index (χ1) is 8.61. The van der Waals surface area contributed by atoms with Crippen molar-refractivity contribution in [2.75, 3.05) is 7.05 Å². The molecule has 0 fully saturated rings. The zero-order valence-electron chi connectivity index (χ0n) is 10.4. The van der Waals surface area contributed by atoms with Crippen molar-refractivity contribution in [2.24, 2.45) is 0 Å². The van der Waals surface area contributed by atoms with Gasteiger partial charge in [-0.2, -0.15) is 0 Å². The predicted molar refractivity (Wildman–Crippen MR) is 76.2 cm³/mol. The average Bonchev–Trinajstić information content (AvgIpc) is 2.33. The molecule has 0 amide bonds. The van der Waals surface area contributed by atoms with E-state index in [0.29, 0.717) is 5.56 Å². The summed E-state index contributed by atoms with van der Waals surface area (Å²) in [4.78, 5) is 0. The van der Waals surface area contributed by atoms with E-state index in [1.165, 1.54) is 11.6 Å². The van der Waals surface area contributed by atoms with Gasteiger partial charge in [0.2, 0.25) is 0 Å². The molecule has 0 heterocycles. The van der Waals surface area contributed by atoms with Crippen LogP contribution in [-0.4, -0.2) is 7.05 Å². The largest absolute Gasteiger partial charge is 0.309 e. The van der Waals surface area contributed by atoms with E-state index in [1.807, 2.05) is 44.3 Å². The van der Waals surface area contributed by atoms with Crippen molar-refractivity contribution < 1.29 is 4.39 Å². The van der Waals surface area contributed by atoms with E-state index >= 15 is 0 Å². The Labute approximate surface area is 115 Å². The molecule has 0 aliphatic heterocycles. The van der Waals surface area contributed by atoms with Crippen molar-refractivity contribution in [3.8, 4) is 0 Å². The van der Waals surface area contributed by atoms with Crippen LogP contribution in [0.15, 0.2) is 46.9 Å². The molecular formula is C15H15BrFN. The van der Waals surface area contributed by atoms with Gasteiger partial charge in [0.1, 0.15) is 5.82 Å². The van der Waals surface area contributed by atoms with E-state index in [-0.39, 0.29) is 11.9 Å². The highest BCUT2D eigenvalue weighted by atomic mass is 79.9. The number of rotatable bonds is 3. The van der Waals surface area contributed by atoms with Crippen molar-refractivity contribution in [3.05, 3.63) is 69.4 Å². The third kappa shape index (κ3) is 2.79. The number of aryl methyl sites for hydroxylation is 1. The zero-order valence-corrected chi connectivity index (χ0v) is 12.0. The molecule has 3 heteroatoms. The van der Waals surface area contributed by atoms with Crippen LogP contribution < -0.4 is 5.32 Å². The Morgan fingerprint density at radius 1 is 1.17 bits per heavy atom. The molecule has 0 bridgehead atoms. The van der Waals surface area contributed by atoms with Crippen LogP contribution in [-0.2, 0) is 0 Å². The quantitative estimate of drug-likeness (QED) is 0.896. The van der Waals surface area contributed by atoms with Crippen LogP contribution in [0, 0.1) is 12.7 Å². The van der Waals surface area contributed by atoms with E-state index in [2.05, 4.69) is 27.3 Å². The summed E-state index contributed by atoms with van der Waals surface area (Å²) >= 11 is 3.27. The van der Waals surface area contributed by atoms with E-state index in [4.69, 9.17) is 0 Å². The Kier molecular flexibility index (Phi) is 4.15. The molecule has 0 aromatic heterocycles. The monoisotopic (exact) mass is 307 g/mol. The van der Waals surface area contributed by atoms with Crippen LogP contribution in [0.5, 0.6) is 0 Å². The fourth-order valence-electron chi connectivity index (χ4n) is 2.09. The maximum absolute atomic E-state index is 14.0. The molecule has 2 aromatic rings. The SMILES string of the molecule is CNC(c1cccc(C)c1)c1ccc(Br)cc1F. The van der Waals surface area contributed by atoms with Crippen LogP contribution in [0.25, 0.3) is 0 Å². The molecule has 2 rings (SSSR count). The Morgan fingerprint density at radius 2 is 1.94 bits per heavy atom. The summed E-state index contributed by atoms with van der Waals surface area (Å²) in [7, 11) is 1.84. The van der Waals surface area contributed by atoms with E-state index in [9.17, 15) is 4.39 Å². The van der Waals surface area contributed by atoms with Gasteiger partial charge in [0, 0.05) is 10.0 Å². The van der Waals surface area contributed by atoms with Crippen LogP contribution in [0.3, 0.4) is 0 Å². The van der Waals surface area contributed by atoms with Gasteiger partial charge in [-0.25, -0.2) is 4.39 Å². The molecule has 1 N–H and O–H groups in total. The van der Waals surface area contributed by atoms with Gasteiger partial charge in [-0.15, -0.1) is 0 Å². The van der Waals surface area contributed by atoms with E-state index in [1.54, 1.807) is 0 Å². The summed E-state index contributed by atoms with van der Waals surface area (Å²) in [6.07, 6.45) is 0. The van der Waals surface area contributed by atoms with Crippen molar-refractivity contribution >= 4 is 15.9 Å². The summed E-state index contributed by atoms with van der Waals surface area (Å²) in [5.74, 6) is -0.203. The summed E-state index contributed by atoms with van der Waals surface area (Å²) in [5, 5.41) is 3.17. The molecule has 0 aliphatic rings. The fourth-order valence-corrected chi connectivity index (χ4v) is 2.42. The predicted octanol–water partition coefficient (Wildman–Crippen LogP) is 4.21. The molecule has 0 radical (unpaired) electrons. The summed E-state index contributed by atoms with van der Waals surface area (Å²) < 4.78 is 14.8. The second kappa shape index (κ2) is 5.63. The zero-order chi connectivity index (χ0) is 13.1. The topological polar surface area (TPSA) is 12.0 Å². The normalized spacial score (nSPS) is 12.4. The Morgan fingerprint density at radius 3 is 2.56 bits per heavy atom. The first kappa shape index (κ1) is 13.2. The first-order valence-corrected chi connectivity index (χ1v) is 6.60. The standard InChI is InChI=1S/C15H15BrFN/c1-10-4-3-5-11(8-10)15(18-2)13-7-6-12(16)9-14(13)17/h3-9,15,18H,1-2H3. The Bertz CT molecular complexity index is 554. The van der Waals surface area contributed by atoms with Gasteiger partial charge in [-0.1, -0.05) is 51.8 Å². The Hall–Kier alpha value is -1.19. The minimum Gasteiger partial charge on any atom is -0.309 e. The highest BCUT2D eigenvalue weighted by molar-refractivity contribution is 9.10. The van der Waals surface area contributed by atoms with Gasteiger partial charge < -0.3 is 5.32 Å². The number of hydrogen-bond acceptors (Lipinski definition) is 1. The van der Waals surface area contributed by atoms with Crippen molar-refractivity contribution in [2.45, 2.75) is 13.0 Å². The summed E-state index contributed by atoms with van der Waals surface area (Å²) in [5.41, 5.74) is 2.90. The lowest BCUT2D eigenvalue weighted by Gasteiger charge is -2.18. The van der Waals surface area contributed by atoms with Crippen LogP contribution in [0.4, 0.5) is 4.39 Å². The van der Waals surface area contributed by atoms with Gasteiger partial charge in [-0.3, -0.25) is 0 Å². The molecule has 1 atom stereocenters.